The zero-order valence-electron chi connectivity index (χ0n) is 21.1. The number of aromatic nitrogens is 2. The van der Waals surface area contributed by atoms with Crippen LogP contribution in [0.4, 0.5) is 17.2 Å². The molecule has 2 aromatic rings. The van der Waals surface area contributed by atoms with E-state index in [1.54, 1.807) is 29.2 Å². The van der Waals surface area contributed by atoms with Crippen LogP contribution in [0.1, 0.15) is 38.1 Å². The summed E-state index contributed by atoms with van der Waals surface area (Å²) in [5, 5.41) is 3.02. The summed E-state index contributed by atoms with van der Waals surface area (Å²) in [5.74, 6) is -0.630. The molecule has 2 rings (SSSR count). The van der Waals surface area contributed by atoms with Crippen molar-refractivity contribution in [2.75, 3.05) is 55.8 Å². The maximum absolute atomic E-state index is 13.3. The van der Waals surface area contributed by atoms with Crippen LogP contribution < -0.4 is 27.2 Å². The normalized spacial score (nSPS) is 10.9. The Balaban J connectivity index is 2.39. The molecule has 0 spiro atoms. The van der Waals surface area contributed by atoms with Gasteiger partial charge in [0, 0.05) is 39.0 Å². The molecule has 11 heteroatoms. The molecule has 11 nitrogen and oxygen atoms in total. The molecule has 4 N–H and O–H groups in total. The van der Waals surface area contributed by atoms with E-state index in [4.69, 9.17) is 10.5 Å². The number of para-hydroxylation sites is 1. The van der Waals surface area contributed by atoms with Crippen molar-refractivity contribution in [1.29, 1.82) is 0 Å². The second-order valence-electron chi connectivity index (χ2n) is 8.41. The molecule has 0 aliphatic heterocycles. The van der Waals surface area contributed by atoms with Crippen molar-refractivity contribution in [1.82, 2.24) is 14.5 Å². The highest BCUT2D eigenvalue weighted by molar-refractivity contribution is 6.02. The van der Waals surface area contributed by atoms with Gasteiger partial charge in [-0.15, -0.1) is 0 Å². The predicted octanol–water partition coefficient (Wildman–Crippen LogP) is 1.35. The lowest BCUT2D eigenvalue weighted by Gasteiger charge is -2.25. The molecule has 0 radical (unpaired) electrons. The first-order chi connectivity index (χ1) is 16.7. The fourth-order valence-corrected chi connectivity index (χ4v) is 3.70. The molecule has 1 heterocycles. The van der Waals surface area contributed by atoms with Gasteiger partial charge in [0.1, 0.15) is 5.82 Å². The lowest BCUT2D eigenvalue weighted by molar-refractivity contribution is -0.117. The van der Waals surface area contributed by atoms with Gasteiger partial charge < -0.3 is 25.6 Å². The van der Waals surface area contributed by atoms with Crippen molar-refractivity contribution >= 4 is 29.0 Å². The Bertz CT molecular complexity index is 1140. The Morgan fingerprint density at radius 2 is 1.83 bits per heavy atom. The number of rotatable bonds is 12. The smallest absolute Gasteiger partial charge is 0.330 e. The quantitative estimate of drug-likeness (QED) is 0.409. The summed E-state index contributed by atoms with van der Waals surface area (Å²) in [6.45, 7) is 8.98. The number of ether oxygens (including phenoxy) is 1. The van der Waals surface area contributed by atoms with Gasteiger partial charge in [0.15, 0.2) is 5.69 Å². The fraction of sp³-hybridized carbons (Fsp3) is 0.500. The summed E-state index contributed by atoms with van der Waals surface area (Å²) in [7, 11) is 1.48. The molecule has 0 saturated heterocycles. The van der Waals surface area contributed by atoms with Crippen molar-refractivity contribution in [3.05, 3.63) is 50.7 Å². The summed E-state index contributed by atoms with van der Waals surface area (Å²) in [6, 6.07) is 6.93. The summed E-state index contributed by atoms with van der Waals surface area (Å²) in [4.78, 5) is 56.4. The third-order valence-corrected chi connectivity index (χ3v) is 5.49. The molecule has 35 heavy (non-hydrogen) atoms. The number of nitrogens with two attached hydrogens (primary N) is 1. The van der Waals surface area contributed by atoms with Gasteiger partial charge in [-0.1, -0.05) is 26.0 Å². The van der Waals surface area contributed by atoms with Gasteiger partial charge in [-0.25, -0.2) is 4.79 Å². The largest absolute Gasteiger partial charge is 0.383 e. The average Bonchev–Trinajstić information content (AvgIpc) is 2.82. The van der Waals surface area contributed by atoms with Crippen molar-refractivity contribution in [3.63, 3.8) is 0 Å². The molecule has 1 aromatic carbocycles. The number of aromatic amines is 1. The Morgan fingerprint density at radius 1 is 1.17 bits per heavy atom. The monoisotopic (exact) mass is 488 g/mol. The molecule has 0 atom stereocenters. The van der Waals surface area contributed by atoms with Gasteiger partial charge >= 0.3 is 5.69 Å². The highest BCUT2D eigenvalue weighted by Gasteiger charge is 2.25. The van der Waals surface area contributed by atoms with Gasteiger partial charge in [0.2, 0.25) is 5.91 Å². The minimum Gasteiger partial charge on any atom is -0.383 e. The van der Waals surface area contributed by atoms with Gasteiger partial charge in [-0.2, -0.15) is 0 Å². The van der Waals surface area contributed by atoms with Gasteiger partial charge in [-0.05, 0) is 31.9 Å². The third-order valence-electron chi connectivity index (χ3n) is 5.49. The first-order valence-corrected chi connectivity index (χ1v) is 11.7. The van der Waals surface area contributed by atoms with Crippen LogP contribution in [0, 0.1) is 5.92 Å². The number of methoxy groups -OCH3 is 1. The predicted molar refractivity (Wildman–Crippen MR) is 137 cm³/mol. The first-order valence-electron chi connectivity index (χ1n) is 11.7. The van der Waals surface area contributed by atoms with E-state index < -0.39 is 17.2 Å². The Labute approximate surface area is 204 Å². The minimum absolute atomic E-state index is 0.0458. The second-order valence-corrected chi connectivity index (χ2v) is 8.41. The summed E-state index contributed by atoms with van der Waals surface area (Å²) < 4.78 is 6.37. The van der Waals surface area contributed by atoms with Crippen LogP contribution in [0.25, 0.3) is 0 Å². The van der Waals surface area contributed by atoms with Crippen LogP contribution >= 0.6 is 0 Å². The van der Waals surface area contributed by atoms with Crippen LogP contribution in [0.5, 0.6) is 0 Å². The molecular formula is C24H36N6O5. The van der Waals surface area contributed by atoms with Gasteiger partial charge in [-0.3, -0.25) is 23.9 Å². The lowest BCUT2D eigenvalue weighted by Crippen LogP contribution is -2.44. The highest BCUT2D eigenvalue weighted by Crippen LogP contribution is 2.20. The minimum atomic E-state index is -0.755. The Morgan fingerprint density at radius 3 is 2.43 bits per heavy atom. The number of hydrogen-bond acceptors (Lipinski definition) is 7. The number of nitrogen functional groups attached to an aromatic ring is 1. The topological polar surface area (TPSA) is 143 Å². The van der Waals surface area contributed by atoms with Crippen molar-refractivity contribution < 1.29 is 14.3 Å². The summed E-state index contributed by atoms with van der Waals surface area (Å²) in [5.41, 5.74) is 5.65. The van der Waals surface area contributed by atoms with E-state index in [-0.39, 0.29) is 49.6 Å². The van der Waals surface area contributed by atoms with Crippen LogP contribution in [0.2, 0.25) is 0 Å². The second kappa shape index (κ2) is 12.7. The zero-order valence-corrected chi connectivity index (χ0v) is 21.1. The van der Waals surface area contributed by atoms with E-state index in [1.807, 2.05) is 27.7 Å². The lowest BCUT2D eigenvalue weighted by atomic mass is 10.1. The van der Waals surface area contributed by atoms with Crippen molar-refractivity contribution in [3.8, 4) is 0 Å². The van der Waals surface area contributed by atoms with Gasteiger partial charge in [0.25, 0.3) is 11.5 Å². The summed E-state index contributed by atoms with van der Waals surface area (Å²) >= 11 is 0. The van der Waals surface area contributed by atoms with Crippen LogP contribution in [-0.2, 0) is 16.1 Å². The maximum Gasteiger partial charge on any atom is 0.330 e. The van der Waals surface area contributed by atoms with Crippen molar-refractivity contribution in [2.45, 2.75) is 34.2 Å². The number of amides is 2. The Hall–Kier alpha value is -3.60. The number of carbonyl (C=O) groups excluding carboxylic acids is 2. The fourth-order valence-electron chi connectivity index (χ4n) is 3.70. The van der Waals surface area contributed by atoms with Crippen LogP contribution in [0.3, 0.4) is 0 Å². The zero-order chi connectivity index (χ0) is 26.1. The maximum atomic E-state index is 13.3. The van der Waals surface area contributed by atoms with Crippen LogP contribution in [0.15, 0.2) is 33.9 Å². The van der Waals surface area contributed by atoms with Crippen molar-refractivity contribution in [2.24, 2.45) is 5.92 Å². The SMILES string of the molecule is CCN(CC)C(=O)c1ccccc1NCC(=O)N(CCOC)c1c(N)n(CC(C)C)c(=O)[nH]c1=O. The van der Waals surface area contributed by atoms with E-state index in [2.05, 4.69) is 10.3 Å². The number of anilines is 3. The number of hydrogen-bond donors (Lipinski definition) is 3. The highest BCUT2D eigenvalue weighted by atomic mass is 16.5. The van der Waals surface area contributed by atoms with E-state index in [0.717, 1.165) is 0 Å². The standard InChI is InChI=1S/C24H36N6O5/c1-6-28(7-2)23(33)17-10-8-9-11-18(17)26-14-19(31)29(12-13-35-5)20-21(25)30(15-16(3)4)24(34)27-22(20)32/h8-11,16,26H,6-7,12-15,25H2,1-5H3,(H,27,32,34). The molecule has 0 aliphatic carbocycles. The number of nitrogens with zero attached hydrogens (tertiary/aromatic N) is 3. The van der Waals surface area contributed by atoms with E-state index in [0.29, 0.717) is 24.3 Å². The van der Waals surface area contributed by atoms with E-state index in [1.165, 1.54) is 16.6 Å². The van der Waals surface area contributed by atoms with Gasteiger partial charge in [0.05, 0.1) is 18.7 Å². The first kappa shape index (κ1) is 27.6. The van der Waals surface area contributed by atoms with E-state index >= 15 is 0 Å². The molecule has 2 amide bonds. The summed E-state index contributed by atoms with van der Waals surface area (Å²) in [6.07, 6.45) is 0. The average molecular weight is 489 g/mol. The Kier molecular flexibility index (Phi) is 10.1. The molecule has 0 aliphatic rings. The number of H-pyrrole nitrogens is 1. The molecule has 0 saturated carbocycles. The third kappa shape index (κ3) is 6.72. The molecule has 0 unspecified atom stereocenters. The molecular weight excluding hydrogens is 452 g/mol. The molecule has 192 valence electrons. The number of nitrogens with one attached hydrogen (secondary N) is 2. The number of carbonyl (C=O) groups is 2. The molecule has 0 fully saturated rings. The van der Waals surface area contributed by atoms with E-state index in [9.17, 15) is 19.2 Å². The van der Waals surface area contributed by atoms with Crippen LogP contribution in [-0.4, -0.2) is 66.2 Å². The molecule has 1 aromatic heterocycles. The number of benzene rings is 1. The molecule has 0 bridgehead atoms.